The quantitative estimate of drug-likeness (QED) is 0.551. The first-order valence-corrected chi connectivity index (χ1v) is 12.6. The van der Waals surface area contributed by atoms with Crippen LogP contribution in [-0.2, 0) is 10.0 Å². The lowest BCUT2D eigenvalue weighted by Gasteiger charge is -2.34. The Morgan fingerprint density at radius 3 is 2.09 bits per heavy atom. The second kappa shape index (κ2) is 10.5. The molecule has 3 aromatic carbocycles. The highest BCUT2D eigenvalue weighted by Crippen LogP contribution is 2.22. The van der Waals surface area contributed by atoms with Crippen LogP contribution in [0.4, 0.5) is 0 Å². The van der Waals surface area contributed by atoms with Crippen LogP contribution in [-0.4, -0.2) is 68.2 Å². The highest BCUT2D eigenvalue weighted by Gasteiger charge is 2.29. The summed E-state index contributed by atoms with van der Waals surface area (Å²) in [6, 6.07) is 24.9. The molecular formula is C26H30N2O4S. The molecule has 1 heterocycles. The van der Waals surface area contributed by atoms with E-state index in [0.29, 0.717) is 43.4 Å². The first-order valence-electron chi connectivity index (χ1n) is 11.2. The number of piperazine rings is 1. The van der Waals surface area contributed by atoms with Crippen molar-refractivity contribution in [2.75, 3.05) is 39.3 Å². The summed E-state index contributed by atoms with van der Waals surface area (Å²) >= 11 is 0. The van der Waals surface area contributed by atoms with Crippen molar-refractivity contribution >= 4 is 10.0 Å². The average molecular weight is 467 g/mol. The monoisotopic (exact) mass is 466 g/mol. The zero-order valence-corrected chi connectivity index (χ0v) is 19.6. The van der Waals surface area contributed by atoms with Crippen molar-refractivity contribution in [1.29, 1.82) is 0 Å². The number of nitrogens with zero attached hydrogens (tertiary/aromatic N) is 2. The summed E-state index contributed by atoms with van der Waals surface area (Å²) in [7, 11) is -3.48. The predicted octanol–water partition coefficient (Wildman–Crippen LogP) is 3.41. The lowest BCUT2D eigenvalue weighted by Crippen LogP contribution is -2.50. The Bertz CT molecular complexity index is 1130. The molecule has 4 rings (SSSR count). The van der Waals surface area contributed by atoms with Crippen molar-refractivity contribution in [2.24, 2.45) is 0 Å². The highest BCUT2D eigenvalue weighted by atomic mass is 32.2. The molecule has 0 saturated carbocycles. The van der Waals surface area contributed by atoms with Crippen LogP contribution in [0.1, 0.15) is 5.56 Å². The van der Waals surface area contributed by atoms with Gasteiger partial charge in [0.25, 0.3) is 0 Å². The van der Waals surface area contributed by atoms with Crippen LogP contribution in [0.5, 0.6) is 5.75 Å². The van der Waals surface area contributed by atoms with Gasteiger partial charge in [-0.15, -0.1) is 0 Å². The van der Waals surface area contributed by atoms with Crippen LogP contribution < -0.4 is 4.74 Å². The molecule has 6 nitrogen and oxygen atoms in total. The van der Waals surface area contributed by atoms with Crippen molar-refractivity contribution < 1.29 is 18.3 Å². The fourth-order valence-electron chi connectivity index (χ4n) is 3.93. The number of rotatable bonds is 8. The molecular weight excluding hydrogens is 436 g/mol. The number of benzene rings is 3. The summed E-state index contributed by atoms with van der Waals surface area (Å²) in [6.07, 6.45) is -0.654. The number of hydrogen-bond acceptors (Lipinski definition) is 5. The number of ether oxygens (including phenoxy) is 1. The van der Waals surface area contributed by atoms with Crippen molar-refractivity contribution in [3.05, 3.63) is 84.4 Å². The molecule has 1 aliphatic rings. The normalized spacial score (nSPS) is 16.4. The van der Waals surface area contributed by atoms with E-state index in [4.69, 9.17) is 4.74 Å². The summed E-state index contributed by atoms with van der Waals surface area (Å²) in [4.78, 5) is 2.40. The highest BCUT2D eigenvalue weighted by molar-refractivity contribution is 7.89. The van der Waals surface area contributed by atoms with E-state index >= 15 is 0 Å². The first-order chi connectivity index (χ1) is 15.9. The Morgan fingerprint density at radius 2 is 1.45 bits per heavy atom. The zero-order chi connectivity index (χ0) is 23.3. The molecule has 0 amide bonds. The van der Waals surface area contributed by atoms with Crippen LogP contribution in [0.3, 0.4) is 0 Å². The molecule has 0 aliphatic carbocycles. The Morgan fingerprint density at radius 1 is 0.848 bits per heavy atom. The summed E-state index contributed by atoms with van der Waals surface area (Å²) in [6.45, 7) is 4.54. The van der Waals surface area contributed by atoms with E-state index in [2.05, 4.69) is 17.0 Å². The van der Waals surface area contributed by atoms with Crippen molar-refractivity contribution in [2.45, 2.75) is 17.9 Å². The van der Waals surface area contributed by atoms with Gasteiger partial charge in [0.2, 0.25) is 10.0 Å². The number of hydrogen-bond donors (Lipinski definition) is 1. The number of aliphatic hydroxyl groups excluding tert-OH is 1. The minimum absolute atomic E-state index is 0.187. The molecule has 0 unspecified atom stereocenters. The summed E-state index contributed by atoms with van der Waals surface area (Å²) < 4.78 is 33.0. The molecule has 1 atom stereocenters. The van der Waals surface area contributed by atoms with Gasteiger partial charge in [-0.25, -0.2) is 8.42 Å². The summed E-state index contributed by atoms with van der Waals surface area (Å²) in [5, 5.41) is 10.4. The van der Waals surface area contributed by atoms with Gasteiger partial charge in [0.15, 0.2) is 0 Å². The van der Waals surface area contributed by atoms with Crippen LogP contribution in [0.2, 0.25) is 0 Å². The second-order valence-corrected chi connectivity index (χ2v) is 10.3. The largest absolute Gasteiger partial charge is 0.491 e. The summed E-state index contributed by atoms with van der Waals surface area (Å²) in [5.41, 5.74) is 3.29. The fraction of sp³-hybridized carbons (Fsp3) is 0.308. The van der Waals surface area contributed by atoms with Gasteiger partial charge in [-0.05, 0) is 42.3 Å². The molecule has 1 N–H and O–H groups in total. The van der Waals surface area contributed by atoms with Gasteiger partial charge in [-0.3, -0.25) is 4.90 Å². The van der Waals surface area contributed by atoms with Gasteiger partial charge in [-0.1, -0.05) is 60.2 Å². The second-order valence-electron chi connectivity index (χ2n) is 8.37. The van der Waals surface area contributed by atoms with Crippen molar-refractivity contribution in [3.8, 4) is 16.9 Å². The van der Waals surface area contributed by atoms with Crippen LogP contribution in [0.15, 0.2) is 83.8 Å². The van der Waals surface area contributed by atoms with Gasteiger partial charge >= 0.3 is 0 Å². The van der Waals surface area contributed by atoms with Crippen LogP contribution in [0, 0.1) is 6.92 Å². The van der Waals surface area contributed by atoms with Gasteiger partial charge in [0, 0.05) is 32.7 Å². The number of β-amino-alcohol motifs (C(OH)–C–C–N with tert-alkyl or cyclic N) is 1. The number of sulfonamides is 1. The van der Waals surface area contributed by atoms with Gasteiger partial charge in [-0.2, -0.15) is 4.31 Å². The minimum Gasteiger partial charge on any atom is -0.491 e. The van der Waals surface area contributed by atoms with E-state index in [1.807, 2.05) is 61.5 Å². The molecule has 1 aliphatic heterocycles. The molecule has 0 radical (unpaired) electrons. The average Bonchev–Trinajstić information content (AvgIpc) is 2.84. The Balaban J connectivity index is 1.23. The van der Waals surface area contributed by atoms with E-state index in [1.165, 1.54) is 4.31 Å². The first kappa shape index (κ1) is 23.4. The molecule has 33 heavy (non-hydrogen) atoms. The Hall–Kier alpha value is -2.71. The minimum atomic E-state index is -3.48. The lowest BCUT2D eigenvalue weighted by atomic mass is 10.1. The van der Waals surface area contributed by atoms with Gasteiger partial charge in [0.05, 0.1) is 4.90 Å². The maximum absolute atomic E-state index is 12.8. The van der Waals surface area contributed by atoms with Crippen LogP contribution in [0.25, 0.3) is 11.1 Å². The van der Waals surface area contributed by atoms with E-state index in [9.17, 15) is 13.5 Å². The molecule has 0 spiro atoms. The Labute approximate surface area is 196 Å². The van der Waals surface area contributed by atoms with Gasteiger partial charge < -0.3 is 9.84 Å². The standard InChI is InChI=1S/C26H30N2O4S/c1-21-7-13-26(14-8-21)33(30,31)28-17-15-27(16-18-28)19-24(29)20-32-25-11-9-23(10-12-25)22-5-3-2-4-6-22/h2-14,24,29H,15-20H2,1H3/t24-/m0/s1. The molecule has 7 heteroatoms. The smallest absolute Gasteiger partial charge is 0.243 e. The SMILES string of the molecule is Cc1ccc(S(=O)(=O)N2CCN(C[C@H](O)COc3ccc(-c4ccccc4)cc3)CC2)cc1. The molecule has 0 bridgehead atoms. The summed E-state index contributed by atoms with van der Waals surface area (Å²) in [5.74, 6) is 0.711. The van der Waals surface area contributed by atoms with E-state index in [0.717, 1.165) is 16.7 Å². The van der Waals surface area contributed by atoms with Crippen molar-refractivity contribution in [3.63, 3.8) is 0 Å². The van der Waals surface area contributed by atoms with E-state index in [-0.39, 0.29) is 6.61 Å². The predicted molar refractivity (Wildman–Crippen MR) is 130 cm³/mol. The third kappa shape index (κ3) is 6.00. The fourth-order valence-corrected chi connectivity index (χ4v) is 5.35. The lowest BCUT2D eigenvalue weighted by molar-refractivity contribution is 0.0569. The third-order valence-electron chi connectivity index (χ3n) is 5.86. The molecule has 1 saturated heterocycles. The van der Waals surface area contributed by atoms with Crippen molar-refractivity contribution in [1.82, 2.24) is 9.21 Å². The third-order valence-corrected chi connectivity index (χ3v) is 7.78. The van der Waals surface area contributed by atoms with E-state index in [1.54, 1.807) is 12.1 Å². The number of aliphatic hydroxyl groups is 1. The molecule has 0 aromatic heterocycles. The maximum atomic E-state index is 12.8. The van der Waals surface area contributed by atoms with Gasteiger partial charge in [0.1, 0.15) is 18.5 Å². The maximum Gasteiger partial charge on any atom is 0.243 e. The topological polar surface area (TPSA) is 70.1 Å². The molecule has 1 fully saturated rings. The van der Waals surface area contributed by atoms with E-state index < -0.39 is 16.1 Å². The zero-order valence-electron chi connectivity index (χ0n) is 18.8. The molecule has 3 aromatic rings. The van der Waals surface area contributed by atoms with Crippen LogP contribution >= 0.6 is 0 Å². The molecule has 174 valence electrons. The Kier molecular flexibility index (Phi) is 7.45. The number of aryl methyl sites for hydroxylation is 1.